The number of benzene rings is 2. The van der Waals surface area contributed by atoms with Gasteiger partial charge in [0.1, 0.15) is 5.69 Å². The molecule has 0 unspecified atom stereocenters. The molecule has 0 saturated heterocycles. The van der Waals surface area contributed by atoms with Crippen LogP contribution in [0.15, 0.2) is 54.7 Å². The van der Waals surface area contributed by atoms with Gasteiger partial charge in [-0.2, -0.15) is 0 Å². The maximum absolute atomic E-state index is 13.3. The lowest BCUT2D eigenvalue weighted by Crippen LogP contribution is -2.39. The number of para-hydroxylation sites is 4. The molecular formula is C20H20N4O. The normalized spacial score (nSPS) is 17.3. The summed E-state index contributed by atoms with van der Waals surface area (Å²) in [6.45, 7) is 2.99. The first-order valence-corrected chi connectivity index (χ1v) is 8.50. The highest BCUT2D eigenvalue weighted by molar-refractivity contribution is 6.07. The summed E-state index contributed by atoms with van der Waals surface area (Å²) in [5.41, 5.74) is 3.90. The number of amides is 1. The molecule has 1 aliphatic heterocycles. The fourth-order valence-corrected chi connectivity index (χ4v) is 3.35. The lowest BCUT2D eigenvalue weighted by molar-refractivity contribution is 0.0973. The second-order valence-electron chi connectivity index (χ2n) is 6.47. The Labute approximate surface area is 146 Å². The van der Waals surface area contributed by atoms with Gasteiger partial charge in [-0.05, 0) is 37.6 Å². The molecular weight excluding hydrogens is 312 g/mol. The SMILES string of the molecule is C[C@@H]1CCN(C)c2ccccc2N1C(=O)c1cnc2ccccc2n1. The second kappa shape index (κ2) is 6.16. The third-order valence-corrected chi connectivity index (χ3v) is 4.76. The monoisotopic (exact) mass is 332 g/mol. The molecule has 1 aliphatic rings. The van der Waals surface area contributed by atoms with Gasteiger partial charge in [0.15, 0.2) is 0 Å². The van der Waals surface area contributed by atoms with Crippen molar-refractivity contribution in [1.29, 1.82) is 0 Å². The first-order valence-electron chi connectivity index (χ1n) is 8.50. The molecule has 0 radical (unpaired) electrons. The molecule has 1 amide bonds. The van der Waals surface area contributed by atoms with Crippen molar-refractivity contribution < 1.29 is 4.79 Å². The molecule has 1 atom stereocenters. The number of carbonyl (C=O) groups is 1. The zero-order chi connectivity index (χ0) is 17.4. The Kier molecular flexibility index (Phi) is 3.84. The molecule has 0 fully saturated rings. The van der Waals surface area contributed by atoms with Crippen LogP contribution in [0.2, 0.25) is 0 Å². The number of fused-ring (bicyclic) bond motifs is 2. The van der Waals surface area contributed by atoms with Gasteiger partial charge >= 0.3 is 0 Å². The lowest BCUT2D eigenvalue weighted by atomic mass is 10.1. The van der Waals surface area contributed by atoms with E-state index in [4.69, 9.17) is 0 Å². The first-order chi connectivity index (χ1) is 12.1. The zero-order valence-electron chi connectivity index (χ0n) is 14.4. The summed E-state index contributed by atoms with van der Waals surface area (Å²) in [5.74, 6) is -0.103. The largest absolute Gasteiger partial charge is 0.373 e. The van der Waals surface area contributed by atoms with E-state index in [-0.39, 0.29) is 11.9 Å². The Bertz CT molecular complexity index is 940. The summed E-state index contributed by atoms with van der Waals surface area (Å²) in [5, 5.41) is 0. The van der Waals surface area contributed by atoms with Crippen LogP contribution in [0.25, 0.3) is 11.0 Å². The summed E-state index contributed by atoms with van der Waals surface area (Å²) in [6, 6.07) is 15.7. The Morgan fingerprint density at radius 2 is 1.72 bits per heavy atom. The predicted octanol–water partition coefficient (Wildman–Crippen LogP) is 3.51. The molecule has 25 heavy (non-hydrogen) atoms. The van der Waals surface area contributed by atoms with Crippen molar-refractivity contribution in [2.45, 2.75) is 19.4 Å². The van der Waals surface area contributed by atoms with E-state index in [9.17, 15) is 4.79 Å². The quantitative estimate of drug-likeness (QED) is 0.684. The number of hydrogen-bond donors (Lipinski definition) is 0. The van der Waals surface area contributed by atoms with Crippen LogP contribution in [0.3, 0.4) is 0 Å². The van der Waals surface area contributed by atoms with Crippen LogP contribution in [0.5, 0.6) is 0 Å². The van der Waals surface area contributed by atoms with Gasteiger partial charge in [-0.15, -0.1) is 0 Å². The number of nitrogens with zero attached hydrogens (tertiary/aromatic N) is 4. The van der Waals surface area contributed by atoms with Gasteiger partial charge in [0.05, 0.1) is 28.6 Å². The van der Waals surface area contributed by atoms with E-state index in [1.54, 1.807) is 6.20 Å². The number of carbonyl (C=O) groups excluding carboxylic acids is 1. The highest BCUT2D eigenvalue weighted by Crippen LogP contribution is 2.34. The van der Waals surface area contributed by atoms with Crippen molar-refractivity contribution in [3.8, 4) is 0 Å². The van der Waals surface area contributed by atoms with E-state index in [1.807, 2.05) is 47.4 Å². The van der Waals surface area contributed by atoms with Gasteiger partial charge < -0.3 is 9.80 Å². The van der Waals surface area contributed by atoms with Crippen molar-refractivity contribution in [2.75, 3.05) is 23.4 Å². The van der Waals surface area contributed by atoms with Crippen molar-refractivity contribution in [3.05, 3.63) is 60.4 Å². The Hall–Kier alpha value is -2.95. The minimum atomic E-state index is -0.103. The third kappa shape index (κ3) is 2.71. The maximum atomic E-state index is 13.3. The molecule has 2 heterocycles. The summed E-state index contributed by atoms with van der Waals surface area (Å²) in [4.78, 5) is 26.3. The average Bonchev–Trinajstić information content (AvgIpc) is 2.78. The number of rotatable bonds is 1. The fraction of sp³-hybridized carbons (Fsp3) is 0.250. The minimum absolute atomic E-state index is 0.0897. The van der Waals surface area contributed by atoms with Crippen LogP contribution in [-0.4, -0.2) is 35.5 Å². The third-order valence-electron chi connectivity index (χ3n) is 4.76. The molecule has 3 aromatic rings. The standard InChI is InChI=1S/C20H20N4O/c1-14-11-12-23(2)18-9-5-6-10-19(18)24(14)20(25)17-13-21-15-7-3-4-8-16(15)22-17/h3-10,13-14H,11-12H2,1-2H3/t14-/m1/s1. The fourth-order valence-electron chi connectivity index (χ4n) is 3.35. The van der Waals surface area contributed by atoms with Gasteiger partial charge in [0.2, 0.25) is 0 Å². The minimum Gasteiger partial charge on any atom is -0.373 e. The van der Waals surface area contributed by atoms with Gasteiger partial charge in [-0.3, -0.25) is 9.78 Å². The molecule has 5 nitrogen and oxygen atoms in total. The Balaban J connectivity index is 1.80. The average molecular weight is 332 g/mol. The van der Waals surface area contributed by atoms with Gasteiger partial charge in [-0.25, -0.2) is 4.98 Å². The van der Waals surface area contributed by atoms with E-state index < -0.39 is 0 Å². The van der Waals surface area contributed by atoms with Crippen LogP contribution in [0.4, 0.5) is 11.4 Å². The van der Waals surface area contributed by atoms with E-state index >= 15 is 0 Å². The lowest BCUT2D eigenvalue weighted by Gasteiger charge is -2.28. The number of aromatic nitrogens is 2. The van der Waals surface area contributed by atoms with Gasteiger partial charge in [0, 0.05) is 19.6 Å². The predicted molar refractivity (Wildman–Crippen MR) is 100 cm³/mol. The van der Waals surface area contributed by atoms with Crippen LogP contribution in [0, 0.1) is 0 Å². The highest BCUT2D eigenvalue weighted by Gasteiger charge is 2.30. The van der Waals surface area contributed by atoms with Gasteiger partial charge in [0.25, 0.3) is 5.91 Å². The van der Waals surface area contributed by atoms with Crippen LogP contribution in [-0.2, 0) is 0 Å². The van der Waals surface area contributed by atoms with Gasteiger partial charge in [-0.1, -0.05) is 24.3 Å². The summed E-state index contributed by atoms with van der Waals surface area (Å²) >= 11 is 0. The molecule has 0 saturated carbocycles. The molecule has 0 spiro atoms. The van der Waals surface area contributed by atoms with E-state index in [1.165, 1.54) is 0 Å². The molecule has 0 aliphatic carbocycles. The molecule has 5 heteroatoms. The highest BCUT2D eigenvalue weighted by atomic mass is 16.2. The topological polar surface area (TPSA) is 49.3 Å². The van der Waals surface area contributed by atoms with Crippen molar-refractivity contribution in [1.82, 2.24) is 9.97 Å². The summed E-state index contributed by atoms with van der Waals surface area (Å²) in [7, 11) is 2.06. The van der Waals surface area contributed by atoms with Crippen molar-refractivity contribution >= 4 is 28.3 Å². The molecule has 0 N–H and O–H groups in total. The van der Waals surface area contributed by atoms with E-state index in [2.05, 4.69) is 34.9 Å². The molecule has 2 aromatic carbocycles. The first kappa shape index (κ1) is 15.6. The summed E-state index contributed by atoms with van der Waals surface area (Å²) in [6.07, 6.45) is 2.48. The number of anilines is 2. The zero-order valence-corrected chi connectivity index (χ0v) is 14.4. The van der Waals surface area contributed by atoms with E-state index in [0.717, 1.165) is 35.4 Å². The Morgan fingerprint density at radius 1 is 1.04 bits per heavy atom. The molecule has 1 aromatic heterocycles. The van der Waals surface area contributed by atoms with Crippen LogP contribution in [0.1, 0.15) is 23.8 Å². The second-order valence-corrected chi connectivity index (χ2v) is 6.47. The maximum Gasteiger partial charge on any atom is 0.278 e. The van der Waals surface area contributed by atoms with Crippen LogP contribution >= 0.6 is 0 Å². The van der Waals surface area contributed by atoms with E-state index in [0.29, 0.717) is 5.69 Å². The van der Waals surface area contributed by atoms with Crippen molar-refractivity contribution in [2.24, 2.45) is 0 Å². The smallest absolute Gasteiger partial charge is 0.278 e. The van der Waals surface area contributed by atoms with Crippen LogP contribution < -0.4 is 9.80 Å². The Morgan fingerprint density at radius 3 is 2.52 bits per heavy atom. The molecule has 126 valence electrons. The van der Waals surface area contributed by atoms with Crippen molar-refractivity contribution in [3.63, 3.8) is 0 Å². The molecule has 4 rings (SSSR count). The number of hydrogen-bond acceptors (Lipinski definition) is 4. The summed E-state index contributed by atoms with van der Waals surface area (Å²) < 4.78 is 0. The molecule has 0 bridgehead atoms.